The summed E-state index contributed by atoms with van der Waals surface area (Å²) >= 11 is 0. The van der Waals surface area contributed by atoms with Crippen molar-refractivity contribution in [1.82, 2.24) is 20.4 Å². The van der Waals surface area contributed by atoms with E-state index in [4.69, 9.17) is 4.99 Å². The highest BCUT2D eigenvalue weighted by atomic mass is 127. The highest BCUT2D eigenvalue weighted by molar-refractivity contribution is 14.0. The van der Waals surface area contributed by atoms with Crippen molar-refractivity contribution in [2.24, 2.45) is 16.8 Å². The van der Waals surface area contributed by atoms with Crippen LogP contribution in [0.3, 0.4) is 0 Å². The molecule has 2 saturated heterocycles. The van der Waals surface area contributed by atoms with Gasteiger partial charge in [0.1, 0.15) is 0 Å². The summed E-state index contributed by atoms with van der Waals surface area (Å²) in [6.07, 6.45) is 2.88. The number of nitrogens with one attached hydrogen (secondary N) is 2. The molecule has 1 aromatic carbocycles. The van der Waals surface area contributed by atoms with Crippen LogP contribution in [0.2, 0.25) is 0 Å². The third-order valence-corrected chi connectivity index (χ3v) is 6.39. The molecule has 180 valence electrons. The minimum absolute atomic E-state index is 0. The van der Waals surface area contributed by atoms with Gasteiger partial charge in [0.15, 0.2) is 5.96 Å². The van der Waals surface area contributed by atoms with E-state index in [1.807, 2.05) is 11.8 Å². The minimum atomic E-state index is 0. The minimum Gasteiger partial charge on any atom is -0.357 e. The van der Waals surface area contributed by atoms with E-state index >= 15 is 0 Å². The van der Waals surface area contributed by atoms with Crippen molar-refractivity contribution < 1.29 is 4.79 Å². The van der Waals surface area contributed by atoms with Crippen LogP contribution in [0.4, 0.5) is 0 Å². The molecule has 3 unspecified atom stereocenters. The lowest BCUT2D eigenvalue weighted by molar-refractivity contribution is -0.129. The van der Waals surface area contributed by atoms with E-state index in [2.05, 4.69) is 60.6 Å². The van der Waals surface area contributed by atoms with Gasteiger partial charge in [-0.25, -0.2) is 4.99 Å². The summed E-state index contributed by atoms with van der Waals surface area (Å²) in [5, 5.41) is 6.92. The van der Waals surface area contributed by atoms with Gasteiger partial charge in [0, 0.05) is 51.7 Å². The lowest BCUT2D eigenvalue weighted by Crippen LogP contribution is -2.45. The largest absolute Gasteiger partial charge is 0.357 e. The van der Waals surface area contributed by atoms with Crippen molar-refractivity contribution in [3.05, 3.63) is 35.4 Å². The summed E-state index contributed by atoms with van der Waals surface area (Å²) in [6.45, 7) is 15.2. The second kappa shape index (κ2) is 13.4. The van der Waals surface area contributed by atoms with E-state index in [9.17, 15) is 4.79 Å². The zero-order valence-corrected chi connectivity index (χ0v) is 22.6. The summed E-state index contributed by atoms with van der Waals surface area (Å²) < 4.78 is 0. The molecule has 2 fully saturated rings. The van der Waals surface area contributed by atoms with Crippen LogP contribution in [0, 0.1) is 11.8 Å². The number of amides is 1. The predicted molar refractivity (Wildman–Crippen MR) is 143 cm³/mol. The van der Waals surface area contributed by atoms with Crippen LogP contribution in [0.25, 0.3) is 0 Å². The Morgan fingerprint density at radius 3 is 2.44 bits per heavy atom. The molecule has 2 heterocycles. The van der Waals surface area contributed by atoms with Gasteiger partial charge in [-0.1, -0.05) is 45.0 Å². The SMILES string of the molecule is CCNC(=NCc1ccccc1CN1CC(C)CC(C)C1)NC1CCN(C(=O)CC)C1.I. The summed E-state index contributed by atoms with van der Waals surface area (Å²) in [7, 11) is 0. The number of halogens is 1. The summed E-state index contributed by atoms with van der Waals surface area (Å²) in [6, 6.07) is 8.97. The summed E-state index contributed by atoms with van der Waals surface area (Å²) in [4.78, 5) is 21.4. The number of nitrogens with zero attached hydrogens (tertiary/aromatic N) is 3. The maximum absolute atomic E-state index is 12.0. The number of hydrogen-bond donors (Lipinski definition) is 2. The Bertz CT molecular complexity index is 746. The number of rotatable bonds is 7. The molecule has 6 nitrogen and oxygen atoms in total. The van der Waals surface area contributed by atoms with Crippen molar-refractivity contribution in [2.45, 2.75) is 66.1 Å². The zero-order valence-electron chi connectivity index (χ0n) is 20.3. The molecular formula is C25H42IN5O. The average Bonchev–Trinajstić information content (AvgIpc) is 3.20. The first-order valence-corrected chi connectivity index (χ1v) is 12.1. The second-order valence-corrected chi connectivity index (χ2v) is 9.43. The van der Waals surface area contributed by atoms with Gasteiger partial charge >= 0.3 is 0 Å². The van der Waals surface area contributed by atoms with Crippen LogP contribution in [0.5, 0.6) is 0 Å². The molecule has 32 heavy (non-hydrogen) atoms. The predicted octanol–water partition coefficient (Wildman–Crippen LogP) is 3.85. The molecule has 2 N–H and O–H groups in total. The Morgan fingerprint density at radius 1 is 1.09 bits per heavy atom. The molecule has 3 rings (SSSR count). The van der Waals surface area contributed by atoms with Crippen LogP contribution >= 0.6 is 24.0 Å². The standard InChI is InChI=1S/C25H41N5O.HI/c1-5-24(31)30-12-11-23(18-30)28-25(26-6-2)27-14-21-9-7-8-10-22(21)17-29-15-19(3)13-20(4)16-29;/h7-10,19-20,23H,5-6,11-18H2,1-4H3,(H2,26,27,28);1H. The first kappa shape index (κ1) is 26.9. The van der Waals surface area contributed by atoms with Crippen LogP contribution in [-0.4, -0.2) is 60.4 Å². The molecule has 0 saturated carbocycles. The number of hydrogen-bond acceptors (Lipinski definition) is 3. The first-order chi connectivity index (χ1) is 15.0. The van der Waals surface area contributed by atoms with Crippen molar-refractivity contribution >= 4 is 35.8 Å². The van der Waals surface area contributed by atoms with E-state index in [1.165, 1.54) is 30.6 Å². The second-order valence-electron chi connectivity index (χ2n) is 9.43. The van der Waals surface area contributed by atoms with Crippen molar-refractivity contribution in [3.8, 4) is 0 Å². The molecule has 0 aliphatic carbocycles. The van der Waals surface area contributed by atoms with Gasteiger partial charge in [-0.05, 0) is 42.7 Å². The average molecular weight is 556 g/mol. The third kappa shape index (κ3) is 7.90. The van der Waals surface area contributed by atoms with Gasteiger partial charge < -0.3 is 15.5 Å². The molecule has 3 atom stereocenters. The van der Waals surface area contributed by atoms with Gasteiger partial charge in [0.25, 0.3) is 0 Å². The molecule has 0 radical (unpaired) electrons. The Morgan fingerprint density at radius 2 is 1.78 bits per heavy atom. The molecule has 1 aromatic rings. The van der Waals surface area contributed by atoms with E-state index in [0.29, 0.717) is 13.0 Å². The molecular weight excluding hydrogens is 513 g/mol. The highest BCUT2D eigenvalue weighted by Crippen LogP contribution is 2.23. The summed E-state index contributed by atoms with van der Waals surface area (Å²) in [5.74, 6) is 2.61. The van der Waals surface area contributed by atoms with E-state index in [1.54, 1.807) is 0 Å². The maximum Gasteiger partial charge on any atom is 0.222 e. The molecule has 1 amide bonds. The van der Waals surface area contributed by atoms with Crippen molar-refractivity contribution in [3.63, 3.8) is 0 Å². The van der Waals surface area contributed by atoms with E-state index in [0.717, 1.165) is 50.4 Å². The van der Waals surface area contributed by atoms with Gasteiger partial charge in [-0.2, -0.15) is 0 Å². The van der Waals surface area contributed by atoms with Crippen molar-refractivity contribution in [1.29, 1.82) is 0 Å². The van der Waals surface area contributed by atoms with Gasteiger partial charge in [-0.3, -0.25) is 9.69 Å². The zero-order chi connectivity index (χ0) is 22.2. The molecule has 0 aromatic heterocycles. The Balaban J connectivity index is 0.00000363. The topological polar surface area (TPSA) is 60.0 Å². The number of aliphatic imine (C=N–C) groups is 1. The van der Waals surface area contributed by atoms with Crippen molar-refractivity contribution in [2.75, 3.05) is 32.7 Å². The van der Waals surface area contributed by atoms with Crippen LogP contribution in [0.1, 0.15) is 58.1 Å². The quantitative estimate of drug-likeness (QED) is 0.305. The van der Waals surface area contributed by atoms with Gasteiger partial charge in [0.2, 0.25) is 5.91 Å². The fourth-order valence-electron chi connectivity index (χ4n) is 5.03. The number of piperidine rings is 1. The molecule has 7 heteroatoms. The normalized spacial score (nSPS) is 24.2. The Kier molecular flexibility index (Phi) is 11.2. The number of benzene rings is 1. The molecule has 2 aliphatic rings. The molecule has 2 aliphatic heterocycles. The summed E-state index contributed by atoms with van der Waals surface area (Å²) in [5.41, 5.74) is 2.67. The third-order valence-electron chi connectivity index (χ3n) is 6.39. The Labute approximate surface area is 211 Å². The molecule has 0 bridgehead atoms. The van der Waals surface area contributed by atoms with E-state index in [-0.39, 0.29) is 35.9 Å². The highest BCUT2D eigenvalue weighted by Gasteiger charge is 2.26. The lowest BCUT2D eigenvalue weighted by Gasteiger charge is -2.35. The number of guanidine groups is 1. The fraction of sp³-hybridized carbons (Fsp3) is 0.680. The van der Waals surface area contributed by atoms with Crippen LogP contribution in [0.15, 0.2) is 29.3 Å². The monoisotopic (exact) mass is 555 g/mol. The smallest absolute Gasteiger partial charge is 0.222 e. The number of carbonyl (C=O) groups excluding carboxylic acids is 1. The van der Waals surface area contributed by atoms with Gasteiger partial charge in [-0.15, -0.1) is 24.0 Å². The molecule has 0 spiro atoms. The van der Waals surface area contributed by atoms with Crippen LogP contribution < -0.4 is 10.6 Å². The van der Waals surface area contributed by atoms with Gasteiger partial charge in [0.05, 0.1) is 6.54 Å². The van der Waals surface area contributed by atoms with E-state index < -0.39 is 0 Å². The number of carbonyl (C=O) groups is 1. The lowest BCUT2D eigenvalue weighted by atomic mass is 9.91. The maximum atomic E-state index is 12.0. The first-order valence-electron chi connectivity index (χ1n) is 12.1. The van der Waals surface area contributed by atoms with Crippen LogP contribution in [-0.2, 0) is 17.9 Å². The fourth-order valence-corrected chi connectivity index (χ4v) is 5.03. The Hall–Kier alpha value is -1.35. The number of likely N-dealkylation sites (tertiary alicyclic amines) is 2.